The van der Waals surface area contributed by atoms with Gasteiger partial charge in [-0.3, -0.25) is 0 Å². The molecule has 10 aromatic carbocycles. The average Bonchev–Trinajstić information content (AvgIpc) is 4.02. The second kappa shape index (κ2) is 13.8. The van der Waals surface area contributed by atoms with E-state index in [0.717, 1.165) is 110 Å². The van der Waals surface area contributed by atoms with Crippen LogP contribution in [0.4, 0.5) is 0 Å². The molecule has 0 atom stereocenters. The van der Waals surface area contributed by atoms with E-state index in [9.17, 15) is 0 Å². The summed E-state index contributed by atoms with van der Waals surface area (Å²) in [6.45, 7) is 0. The van der Waals surface area contributed by atoms with E-state index in [2.05, 4.69) is 209 Å². The predicted molar refractivity (Wildman–Crippen MR) is 267 cm³/mol. The number of furan rings is 1. The van der Waals surface area contributed by atoms with Crippen molar-refractivity contribution in [1.82, 2.24) is 24.1 Å². The number of rotatable bonds is 5. The minimum Gasteiger partial charge on any atom is -0.454 e. The summed E-state index contributed by atoms with van der Waals surface area (Å²) in [5.41, 5.74) is 10.6. The van der Waals surface area contributed by atoms with Gasteiger partial charge in [-0.05, 0) is 94.3 Å². The minimum atomic E-state index is 0.550. The third kappa shape index (κ3) is 5.38. The summed E-state index contributed by atoms with van der Waals surface area (Å²) in [5.74, 6) is 1.73. The van der Waals surface area contributed by atoms with E-state index < -0.39 is 0 Å². The predicted octanol–water partition coefficient (Wildman–Crippen LogP) is 15.3. The molecule has 65 heavy (non-hydrogen) atoms. The average molecular weight is 830 g/mol. The van der Waals surface area contributed by atoms with Crippen LogP contribution in [0.15, 0.2) is 217 Å². The number of hydrogen-bond acceptors (Lipinski definition) is 4. The maximum atomic E-state index is 6.98. The van der Waals surface area contributed by atoms with Crippen LogP contribution in [0.1, 0.15) is 0 Å². The number of para-hydroxylation sites is 4. The third-order valence-corrected chi connectivity index (χ3v) is 13.1. The zero-order chi connectivity index (χ0) is 42.6. The van der Waals surface area contributed by atoms with Gasteiger partial charge in [-0.25, -0.2) is 15.0 Å². The number of hydrogen-bond donors (Lipinski definition) is 0. The van der Waals surface area contributed by atoms with Crippen LogP contribution in [-0.2, 0) is 0 Å². The van der Waals surface area contributed by atoms with Crippen LogP contribution in [0.2, 0.25) is 0 Å². The molecule has 14 aromatic rings. The molecule has 0 N–H and O–H groups in total. The van der Waals surface area contributed by atoms with E-state index in [-0.39, 0.29) is 0 Å². The molecule has 0 unspecified atom stereocenters. The second-order valence-corrected chi connectivity index (χ2v) is 16.8. The van der Waals surface area contributed by atoms with Crippen molar-refractivity contribution >= 4 is 87.1 Å². The third-order valence-electron chi connectivity index (χ3n) is 13.1. The molecule has 4 heterocycles. The fourth-order valence-electron chi connectivity index (χ4n) is 10.2. The summed E-state index contributed by atoms with van der Waals surface area (Å²) in [4.78, 5) is 16.3. The van der Waals surface area contributed by atoms with Gasteiger partial charge in [0.15, 0.2) is 23.1 Å². The molecule has 0 saturated heterocycles. The Kier molecular flexibility index (Phi) is 7.59. The van der Waals surface area contributed by atoms with Gasteiger partial charge in [-0.1, -0.05) is 140 Å². The molecule has 6 nitrogen and oxygen atoms in total. The molecule has 0 saturated carbocycles. The summed E-state index contributed by atoms with van der Waals surface area (Å²) >= 11 is 0. The first-order chi connectivity index (χ1) is 32.2. The van der Waals surface area contributed by atoms with Crippen molar-refractivity contribution in [2.45, 2.75) is 0 Å². The molecule has 0 fully saturated rings. The molecule has 0 radical (unpaired) electrons. The molecule has 6 heteroatoms. The first kappa shape index (κ1) is 35.7. The van der Waals surface area contributed by atoms with Crippen molar-refractivity contribution in [2.24, 2.45) is 0 Å². The molecule has 0 aliphatic carbocycles. The van der Waals surface area contributed by atoms with Gasteiger partial charge in [0, 0.05) is 54.7 Å². The van der Waals surface area contributed by atoms with Gasteiger partial charge in [0.1, 0.15) is 11.3 Å². The Labute approximate surface area is 371 Å². The number of benzene rings is 10. The van der Waals surface area contributed by atoms with Gasteiger partial charge >= 0.3 is 0 Å². The molecule has 0 bridgehead atoms. The van der Waals surface area contributed by atoms with Gasteiger partial charge in [-0.2, -0.15) is 0 Å². The lowest BCUT2D eigenvalue weighted by Gasteiger charge is -2.16. The van der Waals surface area contributed by atoms with Gasteiger partial charge in [0.05, 0.1) is 22.1 Å². The highest BCUT2D eigenvalue weighted by molar-refractivity contribution is 6.17. The van der Waals surface area contributed by atoms with Crippen molar-refractivity contribution in [3.05, 3.63) is 212 Å². The molecular formula is C59H35N5O. The van der Waals surface area contributed by atoms with E-state index in [1.807, 2.05) is 12.1 Å². The Morgan fingerprint density at radius 1 is 0.323 bits per heavy atom. The normalized spacial score (nSPS) is 12.0. The van der Waals surface area contributed by atoms with Crippen molar-refractivity contribution in [2.75, 3.05) is 0 Å². The lowest BCUT2D eigenvalue weighted by atomic mass is 10.0. The van der Waals surface area contributed by atoms with Crippen LogP contribution in [-0.4, -0.2) is 24.1 Å². The Hall–Kier alpha value is -8.87. The fourth-order valence-corrected chi connectivity index (χ4v) is 10.2. The Balaban J connectivity index is 1.09. The van der Waals surface area contributed by atoms with E-state index in [1.54, 1.807) is 0 Å². The lowest BCUT2D eigenvalue weighted by Crippen LogP contribution is -2.04. The molecule has 0 amide bonds. The Morgan fingerprint density at radius 2 is 0.908 bits per heavy atom. The summed E-state index contributed by atoms with van der Waals surface area (Å²) < 4.78 is 11.7. The fraction of sp³-hybridized carbons (Fsp3) is 0. The maximum absolute atomic E-state index is 6.98. The van der Waals surface area contributed by atoms with Crippen LogP contribution >= 0.6 is 0 Å². The SMILES string of the molecule is c1ccc(-n2c3ccccc3c3cc(-c4nc(-c5ccc6c(oc7ccccc76)c5-n5c6ccccc6c6cc7ccccc7cc65)nc(-c5cccc6ccccc56)n4)ccc32)cc1. The highest BCUT2D eigenvalue weighted by Crippen LogP contribution is 2.44. The number of fused-ring (bicyclic) bond motifs is 11. The Bertz CT molecular complexity index is 4250. The zero-order valence-electron chi connectivity index (χ0n) is 34.9. The minimum absolute atomic E-state index is 0.550. The first-order valence-electron chi connectivity index (χ1n) is 21.9. The number of aromatic nitrogens is 5. The van der Waals surface area contributed by atoms with Crippen LogP contribution in [0.5, 0.6) is 0 Å². The van der Waals surface area contributed by atoms with Crippen molar-refractivity contribution in [3.63, 3.8) is 0 Å². The summed E-state index contributed by atoms with van der Waals surface area (Å²) in [6, 6.07) is 74.9. The van der Waals surface area contributed by atoms with Gasteiger partial charge < -0.3 is 13.6 Å². The van der Waals surface area contributed by atoms with E-state index in [4.69, 9.17) is 19.4 Å². The van der Waals surface area contributed by atoms with Gasteiger partial charge in [0.25, 0.3) is 0 Å². The second-order valence-electron chi connectivity index (χ2n) is 16.8. The molecular weight excluding hydrogens is 795 g/mol. The Morgan fingerprint density at radius 3 is 1.71 bits per heavy atom. The van der Waals surface area contributed by atoms with E-state index in [0.29, 0.717) is 17.5 Å². The monoisotopic (exact) mass is 829 g/mol. The molecule has 14 rings (SSSR count). The molecule has 0 aliphatic rings. The van der Waals surface area contributed by atoms with Crippen molar-refractivity contribution in [1.29, 1.82) is 0 Å². The van der Waals surface area contributed by atoms with Crippen LogP contribution in [0.3, 0.4) is 0 Å². The van der Waals surface area contributed by atoms with Crippen molar-refractivity contribution < 1.29 is 4.42 Å². The van der Waals surface area contributed by atoms with E-state index >= 15 is 0 Å². The van der Waals surface area contributed by atoms with Gasteiger partial charge in [-0.15, -0.1) is 0 Å². The summed E-state index contributed by atoms with van der Waals surface area (Å²) in [5, 5.41) is 11.2. The lowest BCUT2D eigenvalue weighted by molar-refractivity contribution is 0.666. The topological polar surface area (TPSA) is 61.7 Å². The van der Waals surface area contributed by atoms with E-state index in [1.165, 1.54) is 5.39 Å². The molecule has 4 aromatic heterocycles. The number of nitrogens with zero attached hydrogens (tertiary/aromatic N) is 5. The van der Waals surface area contributed by atoms with Crippen LogP contribution in [0.25, 0.3) is 133 Å². The molecule has 0 spiro atoms. The van der Waals surface area contributed by atoms with Crippen LogP contribution < -0.4 is 0 Å². The first-order valence-corrected chi connectivity index (χ1v) is 21.9. The van der Waals surface area contributed by atoms with Gasteiger partial charge in [0.2, 0.25) is 0 Å². The zero-order valence-corrected chi connectivity index (χ0v) is 34.9. The smallest absolute Gasteiger partial charge is 0.166 e. The molecule has 0 aliphatic heterocycles. The highest BCUT2D eigenvalue weighted by Gasteiger charge is 2.25. The standard InChI is InChI=1S/C59H35N5O/c1-2-19-40(20-3-1)63-50-26-11-8-22-42(50)48-34-39(29-32-52(48)63)57-60-58(46-25-14-18-36-15-6-7-21-41(36)46)62-59(61-57)47-31-30-45-44-24-10-13-28-54(44)65-56(45)55(47)64-51-27-12-9-23-43(51)49-33-37-16-4-5-17-38(37)35-53(49)64/h1-35H. The highest BCUT2D eigenvalue weighted by atomic mass is 16.3. The van der Waals surface area contributed by atoms with Crippen molar-refractivity contribution in [3.8, 4) is 45.5 Å². The maximum Gasteiger partial charge on any atom is 0.166 e. The van der Waals surface area contributed by atoms with Crippen LogP contribution in [0, 0.1) is 0 Å². The largest absolute Gasteiger partial charge is 0.454 e. The summed E-state index contributed by atoms with van der Waals surface area (Å²) in [7, 11) is 0. The quantitative estimate of drug-likeness (QED) is 0.173. The summed E-state index contributed by atoms with van der Waals surface area (Å²) in [6.07, 6.45) is 0. The molecule has 302 valence electrons.